The number of carbonyl (C=O) groups is 2. The van der Waals surface area contributed by atoms with E-state index >= 15 is 0 Å². The highest BCUT2D eigenvalue weighted by Gasteiger charge is 2.75. The van der Waals surface area contributed by atoms with Crippen LogP contribution < -0.4 is 5.32 Å². The topological polar surface area (TPSA) is 139 Å². The molecule has 5 aliphatic rings. The quantitative estimate of drug-likeness (QED) is 0.395. The number of anilines is 1. The fourth-order valence-corrected chi connectivity index (χ4v) is 11.0. The summed E-state index contributed by atoms with van der Waals surface area (Å²) in [5.41, 5.74) is -0.302. The predicted molar refractivity (Wildman–Crippen MR) is 169 cm³/mol. The molecule has 244 valence electrons. The molecule has 4 aliphatic carbocycles. The second kappa shape index (κ2) is 11.0. The fraction of sp³-hybridized carbons (Fsp3) is 0.500. The van der Waals surface area contributed by atoms with E-state index in [2.05, 4.69) is 12.2 Å². The van der Waals surface area contributed by atoms with Gasteiger partial charge in [0.05, 0.1) is 22.0 Å². The van der Waals surface area contributed by atoms with E-state index in [4.69, 9.17) is 9.47 Å². The normalized spacial score (nSPS) is 37.9. The Labute approximate surface area is 269 Å². The Hall–Kier alpha value is -3.15. The van der Waals surface area contributed by atoms with Gasteiger partial charge in [0.1, 0.15) is 6.61 Å². The lowest BCUT2D eigenvalue weighted by Gasteiger charge is -2.59. The average molecular weight is 648 g/mol. The maximum absolute atomic E-state index is 13.8. The summed E-state index contributed by atoms with van der Waals surface area (Å²) in [6.07, 6.45) is 5.22. The fourth-order valence-electron chi connectivity index (χ4n) is 9.73. The van der Waals surface area contributed by atoms with Gasteiger partial charge in [0.2, 0.25) is 9.84 Å². The number of aliphatic hydroxyl groups excluding tert-OH is 2. The molecule has 1 heterocycles. The van der Waals surface area contributed by atoms with Crippen molar-refractivity contribution in [3.8, 4) is 0 Å². The van der Waals surface area contributed by atoms with Gasteiger partial charge < -0.3 is 25.0 Å². The molecular weight excluding hydrogens is 606 g/mol. The summed E-state index contributed by atoms with van der Waals surface area (Å²) in [6, 6.07) is 12.9. The molecule has 7 rings (SSSR count). The van der Waals surface area contributed by atoms with Gasteiger partial charge in [-0.1, -0.05) is 37.6 Å². The van der Waals surface area contributed by atoms with Gasteiger partial charge in [-0.05, 0) is 93.0 Å². The van der Waals surface area contributed by atoms with Gasteiger partial charge in [-0.25, -0.2) is 8.42 Å². The van der Waals surface area contributed by atoms with E-state index in [9.17, 15) is 28.2 Å². The molecule has 1 aliphatic heterocycles. The van der Waals surface area contributed by atoms with Gasteiger partial charge >= 0.3 is 0 Å². The average Bonchev–Trinajstić information content (AvgIpc) is 3.54. The zero-order valence-corrected chi connectivity index (χ0v) is 27.1. The summed E-state index contributed by atoms with van der Waals surface area (Å²) in [7, 11) is -3.77. The SMILES string of the molecule is CCNc1ccc(S(=O)(=O)c2ccc([C@@H]3O[C@@H]4C[C@H]5[C@@H]6CCC7=CC(=O)C=C[C@]7(C)[C@H]6[C@@H](O)C[C@]5(C)[C@]4(C(=O)CO)O3)cc2)cc1. The largest absolute Gasteiger partial charge is 0.393 e. The van der Waals surface area contributed by atoms with Crippen molar-refractivity contribution in [1.82, 2.24) is 0 Å². The molecule has 0 radical (unpaired) electrons. The molecule has 0 spiro atoms. The summed E-state index contributed by atoms with van der Waals surface area (Å²) < 4.78 is 39.8. The third-order valence-corrected chi connectivity index (χ3v) is 13.6. The smallest absolute Gasteiger partial charge is 0.206 e. The van der Waals surface area contributed by atoms with Crippen molar-refractivity contribution in [3.63, 3.8) is 0 Å². The summed E-state index contributed by atoms with van der Waals surface area (Å²) in [5, 5.41) is 25.2. The number of fused-ring (bicyclic) bond motifs is 7. The number of benzene rings is 2. The van der Waals surface area contributed by atoms with Gasteiger partial charge in [0.25, 0.3) is 0 Å². The minimum Gasteiger partial charge on any atom is -0.393 e. The van der Waals surface area contributed by atoms with Crippen molar-refractivity contribution >= 4 is 27.1 Å². The second-order valence-electron chi connectivity index (χ2n) is 14.0. The zero-order chi connectivity index (χ0) is 32.6. The molecule has 3 saturated carbocycles. The number of allylic oxidation sites excluding steroid dienone is 4. The van der Waals surface area contributed by atoms with Crippen LogP contribution in [0.5, 0.6) is 0 Å². The number of hydrogen-bond donors (Lipinski definition) is 3. The lowest BCUT2D eigenvalue weighted by Crippen LogP contribution is -2.63. The number of rotatable bonds is 7. The summed E-state index contributed by atoms with van der Waals surface area (Å²) in [5.74, 6) is -0.579. The lowest BCUT2D eigenvalue weighted by atomic mass is 9.46. The van der Waals surface area contributed by atoms with E-state index in [1.807, 2.05) is 19.9 Å². The van der Waals surface area contributed by atoms with E-state index in [1.54, 1.807) is 48.6 Å². The van der Waals surface area contributed by atoms with Crippen LogP contribution in [-0.4, -0.2) is 61.2 Å². The van der Waals surface area contributed by atoms with E-state index in [0.29, 0.717) is 12.0 Å². The summed E-state index contributed by atoms with van der Waals surface area (Å²) in [6.45, 7) is 6.05. The first-order valence-corrected chi connectivity index (χ1v) is 17.7. The van der Waals surface area contributed by atoms with Crippen molar-refractivity contribution in [2.75, 3.05) is 18.5 Å². The van der Waals surface area contributed by atoms with Crippen LogP contribution in [0.2, 0.25) is 0 Å². The lowest BCUT2D eigenvalue weighted by molar-refractivity contribution is -0.201. The van der Waals surface area contributed by atoms with Crippen LogP contribution in [0, 0.1) is 28.6 Å². The van der Waals surface area contributed by atoms with E-state index < -0.39 is 57.2 Å². The predicted octanol–water partition coefficient (Wildman–Crippen LogP) is 4.55. The molecule has 46 heavy (non-hydrogen) atoms. The number of Topliss-reactive ketones (excluding diaryl/α,β-unsaturated/α-hetero) is 1. The molecule has 0 unspecified atom stereocenters. The van der Waals surface area contributed by atoms with Crippen LogP contribution in [0.1, 0.15) is 58.3 Å². The Morgan fingerprint density at radius 2 is 1.74 bits per heavy atom. The molecule has 0 amide bonds. The first-order valence-electron chi connectivity index (χ1n) is 16.2. The number of sulfone groups is 1. The van der Waals surface area contributed by atoms with Gasteiger partial charge in [-0.15, -0.1) is 0 Å². The van der Waals surface area contributed by atoms with E-state index in [-0.39, 0.29) is 39.7 Å². The molecular formula is C36H41NO8S. The van der Waals surface area contributed by atoms with Gasteiger partial charge in [0.15, 0.2) is 23.5 Å². The van der Waals surface area contributed by atoms with Crippen molar-refractivity contribution in [1.29, 1.82) is 0 Å². The maximum atomic E-state index is 13.8. The standard InChI is InChI=1S/C36H41NO8S/c1-4-37-23-8-12-26(13-9-23)46(42,43)25-10-5-21(6-11-25)33-44-31-18-28-27-14-7-22-17-24(39)15-16-34(22,2)32(27)29(40)19-35(28,3)36(31,45-33)30(41)20-38/h5-6,8-13,15-17,27-29,31-33,37-38,40H,4,7,14,18-20H2,1-3H3/t27-,28-,29-,31+,32+,33+,34-,35-,36+/m0/s1. The number of nitrogens with one attached hydrogen (secondary N) is 1. The Bertz CT molecular complexity index is 1730. The van der Waals surface area contributed by atoms with Crippen LogP contribution in [0.25, 0.3) is 0 Å². The minimum absolute atomic E-state index is 0.0156. The van der Waals surface area contributed by atoms with E-state index in [1.165, 1.54) is 12.1 Å². The Balaban J connectivity index is 1.17. The molecule has 0 bridgehead atoms. The Kier molecular flexibility index (Phi) is 7.49. The molecule has 4 fully saturated rings. The first kappa shape index (κ1) is 31.4. The highest BCUT2D eigenvalue weighted by atomic mass is 32.2. The summed E-state index contributed by atoms with van der Waals surface area (Å²) in [4.78, 5) is 26.3. The van der Waals surface area contributed by atoms with Crippen LogP contribution in [0.3, 0.4) is 0 Å². The number of ether oxygens (including phenoxy) is 2. The molecule has 3 N–H and O–H groups in total. The molecule has 2 aromatic carbocycles. The minimum atomic E-state index is -3.77. The van der Waals surface area contributed by atoms with E-state index in [0.717, 1.165) is 30.6 Å². The van der Waals surface area contributed by atoms with Crippen LogP contribution in [-0.2, 0) is 28.9 Å². The molecule has 2 aromatic rings. The Morgan fingerprint density at radius 1 is 1.07 bits per heavy atom. The third-order valence-electron chi connectivity index (χ3n) is 11.8. The maximum Gasteiger partial charge on any atom is 0.206 e. The van der Waals surface area contributed by atoms with Crippen molar-refractivity contribution < 1.29 is 37.7 Å². The second-order valence-corrected chi connectivity index (χ2v) is 15.9. The monoisotopic (exact) mass is 647 g/mol. The number of hydrogen-bond acceptors (Lipinski definition) is 9. The van der Waals surface area contributed by atoms with Crippen LogP contribution in [0.15, 0.2) is 82.1 Å². The number of aliphatic hydroxyl groups is 2. The first-order chi connectivity index (χ1) is 21.9. The van der Waals surface area contributed by atoms with Crippen molar-refractivity contribution in [2.45, 2.75) is 80.3 Å². The Morgan fingerprint density at radius 3 is 2.39 bits per heavy atom. The number of ketones is 2. The highest BCUT2D eigenvalue weighted by Crippen LogP contribution is 2.70. The van der Waals surface area contributed by atoms with Gasteiger partial charge in [-0.3, -0.25) is 9.59 Å². The molecule has 10 heteroatoms. The molecule has 9 atom stereocenters. The van der Waals surface area contributed by atoms with Crippen LogP contribution >= 0.6 is 0 Å². The van der Waals surface area contributed by atoms with Crippen molar-refractivity contribution in [2.24, 2.45) is 28.6 Å². The van der Waals surface area contributed by atoms with Gasteiger partial charge in [0, 0.05) is 34.5 Å². The highest BCUT2D eigenvalue weighted by molar-refractivity contribution is 7.91. The molecule has 9 nitrogen and oxygen atoms in total. The third kappa shape index (κ3) is 4.37. The summed E-state index contributed by atoms with van der Waals surface area (Å²) >= 11 is 0. The molecule has 1 saturated heterocycles. The number of carbonyl (C=O) groups excluding carboxylic acids is 2. The molecule has 0 aromatic heterocycles. The van der Waals surface area contributed by atoms with Gasteiger partial charge in [-0.2, -0.15) is 0 Å². The zero-order valence-electron chi connectivity index (χ0n) is 26.3. The van der Waals surface area contributed by atoms with Crippen LogP contribution in [0.4, 0.5) is 5.69 Å². The van der Waals surface area contributed by atoms with Crippen molar-refractivity contribution in [3.05, 3.63) is 77.9 Å².